The Morgan fingerprint density at radius 3 is 0.952 bits per heavy atom. The molecule has 0 saturated heterocycles. The van der Waals surface area contributed by atoms with Crippen LogP contribution >= 0.6 is 7.82 Å². The molecule has 0 bridgehead atoms. The maximum atomic E-state index is 13.0. The molecule has 3 atom stereocenters. The second kappa shape index (κ2) is 65.4. The van der Waals surface area contributed by atoms with Crippen LogP contribution in [0.1, 0.15) is 303 Å². The topological polar surface area (TPSA) is 155 Å². The van der Waals surface area contributed by atoms with Crippen molar-refractivity contribution in [2.24, 2.45) is 0 Å². The molecule has 0 aliphatic heterocycles. The molecule has 0 spiro atoms. The van der Waals surface area contributed by atoms with Crippen LogP contribution in [0, 0.1) is 0 Å². The summed E-state index contributed by atoms with van der Waals surface area (Å²) >= 11 is 0. The second-order valence-electron chi connectivity index (χ2n) is 22.6. The smallest absolute Gasteiger partial charge is 0.462 e. The predicted molar refractivity (Wildman–Crippen MR) is 353 cm³/mol. The largest absolute Gasteiger partial charge is 0.472 e. The third-order valence-corrected chi connectivity index (χ3v) is 15.4. The molecule has 0 saturated carbocycles. The number of unbranched alkanes of at least 4 members (excludes halogenated alkanes) is 30. The number of phosphoric ester groups is 1. The van der Waals surface area contributed by atoms with E-state index < -0.39 is 57.8 Å². The molecule has 0 heterocycles. The van der Waals surface area contributed by atoms with E-state index in [0.29, 0.717) is 19.3 Å². The molecule has 12 heteroatoms. The number of rotatable bonds is 63. The highest BCUT2D eigenvalue weighted by Crippen LogP contribution is 2.43. The fourth-order valence-electron chi connectivity index (χ4n) is 9.29. The van der Waals surface area contributed by atoms with Crippen LogP contribution in [0.15, 0.2) is 97.2 Å². The Morgan fingerprint density at radius 2 is 0.619 bits per heavy atom. The van der Waals surface area contributed by atoms with Crippen LogP contribution in [-0.2, 0) is 42.2 Å². The standard InChI is InChI=1S/C72H125O11P/c1-4-7-10-13-16-19-22-25-28-31-34-37-40-43-46-49-52-55-58-61-70(74)79-65-69(83-72(76)63-60-57-54-51-48-45-42-39-36-33-30-27-24-21-18-15-12-9-6-3)67-81-84(77,78)80-66-68(64-73)82-71(75)62-59-56-53-50-47-44-41-38-35-32-29-26-23-20-17-14-11-8-5-2/h7,10,16-21,25-30,34,37,68-69,73H,4-6,8-9,11-15,22-24,31-33,35-36,38-67H2,1-3H3,(H,77,78)/b10-7-,19-16-,20-17-,21-18-,28-25-,29-26-,30-27-,37-34-. The molecular formula is C72H125O11P. The van der Waals surface area contributed by atoms with E-state index in [1.54, 1.807) is 0 Å². The van der Waals surface area contributed by atoms with Crippen molar-refractivity contribution < 1.29 is 52.2 Å². The number of carbonyl (C=O) groups excluding carboxylic acids is 3. The molecule has 84 heavy (non-hydrogen) atoms. The van der Waals surface area contributed by atoms with E-state index in [9.17, 15) is 28.9 Å². The maximum Gasteiger partial charge on any atom is 0.472 e. The summed E-state index contributed by atoms with van der Waals surface area (Å²) in [5, 5.41) is 9.88. The number of allylic oxidation sites excluding steroid dienone is 16. The fraction of sp³-hybridized carbons (Fsp3) is 0.736. The lowest BCUT2D eigenvalue weighted by molar-refractivity contribution is -0.161. The van der Waals surface area contributed by atoms with Crippen molar-refractivity contribution in [3.63, 3.8) is 0 Å². The van der Waals surface area contributed by atoms with Crippen LogP contribution in [0.4, 0.5) is 0 Å². The van der Waals surface area contributed by atoms with Gasteiger partial charge in [0.15, 0.2) is 6.10 Å². The van der Waals surface area contributed by atoms with Gasteiger partial charge in [-0.25, -0.2) is 4.57 Å². The zero-order valence-electron chi connectivity index (χ0n) is 53.8. The minimum Gasteiger partial charge on any atom is -0.462 e. The zero-order chi connectivity index (χ0) is 61.2. The Kier molecular flexibility index (Phi) is 62.6. The number of hydrogen-bond donors (Lipinski definition) is 2. The SMILES string of the molecule is CC/C=C\C/C=C\C/C=C\C/C=C\CCCCCCCCC(=O)OCC(COP(=O)(O)OCC(CO)OC(=O)CCCCCCCCCCC/C=C\C/C=C\CCCCC)OC(=O)CCCCCCCCCCC/C=C\C/C=C\CCCCC. The van der Waals surface area contributed by atoms with Crippen molar-refractivity contribution in [1.82, 2.24) is 0 Å². The average molecular weight is 1200 g/mol. The number of hydrogen-bond acceptors (Lipinski definition) is 10. The highest BCUT2D eigenvalue weighted by molar-refractivity contribution is 7.47. The Hall–Kier alpha value is -3.60. The first-order valence-corrected chi connectivity index (χ1v) is 35.6. The van der Waals surface area contributed by atoms with Gasteiger partial charge in [-0.15, -0.1) is 0 Å². The van der Waals surface area contributed by atoms with Gasteiger partial charge < -0.3 is 24.2 Å². The number of aliphatic hydroxyl groups excluding tert-OH is 1. The second-order valence-corrected chi connectivity index (χ2v) is 24.1. The van der Waals surface area contributed by atoms with E-state index in [1.807, 2.05) is 0 Å². The number of carbonyl (C=O) groups is 3. The molecular weight excluding hydrogens is 1070 g/mol. The van der Waals surface area contributed by atoms with Gasteiger partial charge >= 0.3 is 25.7 Å². The quantitative estimate of drug-likeness (QED) is 0.0197. The summed E-state index contributed by atoms with van der Waals surface area (Å²) in [6.45, 7) is 4.50. The van der Waals surface area contributed by atoms with Gasteiger partial charge in [0.2, 0.25) is 0 Å². The van der Waals surface area contributed by atoms with Crippen LogP contribution in [0.3, 0.4) is 0 Å². The van der Waals surface area contributed by atoms with Gasteiger partial charge in [-0.2, -0.15) is 0 Å². The molecule has 0 rings (SSSR count). The Morgan fingerprint density at radius 1 is 0.345 bits per heavy atom. The summed E-state index contributed by atoms with van der Waals surface area (Å²) in [5.41, 5.74) is 0. The van der Waals surface area contributed by atoms with Gasteiger partial charge in [0.05, 0.1) is 19.8 Å². The molecule has 0 fully saturated rings. The number of phosphoric acid groups is 1. The Bertz CT molecular complexity index is 1780. The molecule has 484 valence electrons. The maximum absolute atomic E-state index is 13.0. The van der Waals surface area contributed by atoms with Crippen molar-refractivity contribution in [1.29, 1.82) is 0 Å². The molecule has 0 aromatic heterocycles. The van der Waals surface area contributed by atoms with Gasteiger partial charge in [-0.3, -0.25) is 23.4 Å². The van der Waals surface area contributed by atoms with E-state index in [2.05, 4.69) is 118 Å². The van der Waals surface area contributed by atoms with E-state index in [0.717, 1.165) is 128 Å². The van der Waals surface area contributed by atoms with Crippen molar-refractivity contribution in [2.45, 2.75) is 315 Å². The molecule has 0 radical (unpaired) electrons. The third-order valence-electron chi connectivity index (χ3n) is 14.5. The number of ether oxygens (including phenoxy) is 3. The fourth-order valence-corrected chi connectivity index (χ4v) is 10.1. The van der Waals surface area contributed by atoms with Gasteiger partial charge in [-0.1, -0.05) is 259 Å². The Labute approximate surface area is 514 Å². The van der Waals surface area contributed by atoms with Crippen LogP contribution in [-0.4, -0.2) is 66.5 Å². The van der Waals surface area contributed by atoms with Gasteiger partial charge in [0, 0.05) is 19.3 Å². The van der Waals surface area contributed by atoms with Crippen LogP contribution in [0.2, 0.25) is 0 Å². The number of esters is 3. The molecule has 11 nitrogen and oxygen atoms in total. The van der Waals surface area contributed by atoms with Gasteiger partial charge in [0.1, 0.15) is 12.7 Å². The lowest BCUT2D eigenvalue weighted by Crippen LogP contribution is -2.30. The summed E-state index contributed by atoms with van der Waals surface area (Å²) in [6, 6.07) is 0. The summed E-state index contributed by atoms with van der Waals surface area (Å²) < 4.78 is 39.8. The molecule has 0 amide bonds. The summed E-state index contributed by atoms with van der Waals surface area (Å²) in [7, 11) is -4.77. The van der Waals surface area contributed by atoms with Crippen LogP contribution in [0.25, 0.3) is 0 Å². The average Bonchev–Trinajstić information content (AvgIpc) is 3.55. The van der Waals surface area contributed by atoms with Crippen molar-refractivity contribution in [3.8, 4) is 0 Å². The minimum atomic E-state index is -4.77. The van der Waals surface area contributed by atoms with Crippen LogP contribution < -0.4 is 0 Å². The number of aliphatic hydroxyl groups is 1. The molecule has 0 aliphatic rings. The molecule has 0 aromatic carbocycles. The van der Waals surface area contributed by atoms with Crippen LogP contribution in [0.5, 0.6) is 0 Å². The van der Waals surface area contributed by atoms with Gasteiger partial charge in [-0.05, 0) is 122 Å². The summed E-state index contributed by atoms with van der Waals surface area (Å²) in [6.07, 6.45) is 79.2. The van der Waals surface area contributed by atoms with E-state index in [4.69, 9.17) is 23.3 Å². The highest BCUT2D eigenvalue weighted by atomic mass is 31.2. The molecule has 3 unspecified atom stereocenters. The van der Waals surface area contributed by atoms with Crippen molar-refractivity contribution in [2.75, 3.05) is 26.4 Å². The molecule has 0 aromatic rings. The summed E-state index contributed by atoms with van der Waals surface area (Å²) in [5.74, 6) is -1.48. The summed E-state index contributed by atoms with van der Waals surface area (Å²) in [4.78, 5) is 48.9. The molecule has 0 aliphatic carbocycles. The highest BCUT2D eigenvalue weighted by Gasteiger charge is 2.28. The first-order valence-electron chi connectivity index (χ1n) is 34.1. The van der Waals surface area contributed by atoms with Gasteiger partial charge in [0.25, 0.3) is 0 Å². The van der Waals surface area contributed by atoms with E-state index in [-0.39, 0.29) is 25.9 Å². The third kappa shape index (κ3) is 62.9. The van der Waals surface area contributed by atoms with Crippen molar-refractivity contribution >= 4 is 25.7 Å². The lowest BCUT2D eigenvalue weighted by atomic mass is 10.1. The molecule has 2 N–H and O–H groups in total. The first-order chi connectivity index (χ1) is 41.2. The first kappa shape index (κ1) is 80.4. The van der Waals surface area contributed by atoms with E-state index >= 15 is 0 Å². The Balaban J connectivity index is 4.71. The monoisotopic (exact) mass is 1200 g/mol. The normalized spacial score (nSPS) is 13.8. The minimum absolute atomic E-state index is 0.156. The predicted octanol–water partition coefficient (Wildman–Crippen LogP) is 21.2. The van der Waals surface area contributed by atoms with Crippen molar-refractivity contribution in [3.05, 3.63) is 97.2 Å². The van der Waals surface area contributed by atoms with E-state index in [1.165, 1.54) is 116 Å². The zero-order valence-corrected chi connectivity index (χ0v) is 54.7. The lowest BCUT2D eigenvalue weighted by Gasteiger charge is -2.21.